The van der Waals surface area contributed by atoms with Crippen LogP contribution in [0, 0.1) is 12.3 Å². The number of aryl methyl sites for hydroxylation is 1. The molecule has 1 saturated carbocycles. The standard InChI is InChI=1S/C15H21NO2S/c1-12-3-2-4-13(7-12)8-19-9-14(18)16-10-15(11-17)5-6-15/h2-4,7,17H,5-6,8-11H2,1H3,(H,16,18). The molecule has 0 unspecified atom stereocenters. The van der Waals surface area contributed by atoms with Gasteiger partial charge in [0.15, 0.2) is 0 Å². The van der Waals surface area contributed by atoms with E-state index in [0.29, 0.717) is 12.3 Å². The minimum Gasteiger partial charge on any atom is -0.396 e. The van der Waals surface area contributed by atoms with Gasteiger partial charge in [0.2, 0.25) is 5.91 Å². The first-order valence-corrected chi connectivity index (χ1v) is 7.80. The zero-order chi connectivity index (χ0) is 13.7. The first-order valence-electron chi connectivity index (χ1n) is 6.64. The van der Waals surface area contributed by atoms with Gasteiger partial charge in [-0.1, -0.05) is 29.8 Å². The Morgan fingerprint density at radius 1 is 1.47 bits per heavy atom. The summed E-state index contributed by atoms with van der Waals surface area (Å²) in [7, 11) is 0. The van der Waals surface area contributed by atoms with Gasteiger partial charge in [-0.3, -0.25) is 4.79 Å². The molecule has 19 heavy (non-hydrogen) atoms. The summed E-state index contributed by atoms with van der Waals surface area (Å²) in [6.07, 6.45) is 2.06. The molecule has 0 atom stereocenters. The molecule has 0 spiro atoms. The number of hydrogen-bond donors (Lipinski definition) is 2. The van der Waals surface area contributed by atoms with Crippen LogP contribution in [0.3, 0.4) is 0 Å². The van der Waals surface area contributed by atoms with E-state index in [1.807, 2.05) is 6.07 Å². The summed E-state index contributed by atoms with van der Waals surface area (Å²) in [5.74, 6) is 1.41. The Hall–Kier alpha value is -1.00. The first-order chi connectivity index (χ1) is 9.13. The second-order valence-electron chi connectivity index (χ2n) is 5.42. The van der Waals surface area contributed by atoms with Crippen molar-refractivity contribution in [2.24, 2.45) is 5.41 Å². The van der Waals surface area contributed by atoms with Crippen LogP contribution in [0.25, 0.3) is 0 Å². The summed E-state index contributed by atoms with van der Waals surface area (Å²) in [4.78, 5) is 11.7. The maximum Gasteiger partial charge on any atom is 0.230 e. The Labute approximate surface area is 118 Å². The van der Waals surface area contributed by atoms with Crippen molar-refractivity contribution in [2.75, 3.05) is 18.9 Å². The molecule has 3 nitrogen and oxygen atoms in total. The molecule has 0 bridgehead atoms. The number of aliphatic hydroxyl groups excluding tert-OH is 1. The molecule has 2 N–H and O–H groups in total. The van der Waals surface area contributed by atoms with E-state index in [1.165, 1.54) is 11.1 Å². The molecule has 1 amide bonds. The number of hydrogen-bond acceptors (Lipinski definition) is 3. The maximum atomic E-state index is 11.7. The number of benzene rings is 1. The molecule has 0 radical (unpaired) electrons. The van der Waals surface area contributed by atoms with Crippen molar-refractivity contribution < 1.29 is 9.90 Å². The number of rotatable bonds is 7. The molecule has 1 aromatic carbocycles. The van der Waals surface area contributed by atoms with Crippen LogP contribution < -0.4 is 5.32 Å². The van der Waals surface area contributed by atoms with Gasteiger partial charge in [0.25, 0.3) is 0 Å². The van der Waals surface area contributed by atoms with Crippen molar-refractivity contribution in [2.45, 2.75) is 25.5 Å². The van der Waals surface area contributed by atoms with E-state index in [4.69, 9.17) is 5.11 Å². The third-order valence-corrected chi connectivity index (χ3v) is 4.54. The predicted molar refractivity (Wildman–Crippen MR) is 79.1 cm³/mol. The van der Waals surface area contributed by atoms with Crippen molar-refractivity contribution in [1.82, 2.24) is 5.32 Å². The molecule has 0 aliphatic heterocycles. The Bertz CT molecular complexity index is 444. The van der Waals surface area contributed by atoms with Gasteiger partial charge in [0.05, 0.1) is 12.4 Å². The number of thioether (sulfide) groups is 1. The molecular formula is C15H21NO2S. The van der Waals surface area contributed by atoms with Crippen molar-refractivity contribution in [3.05, 3.63) is 35.4 Å². The Balaban J connectivity index is 1.64. The van der Waals surface area contributed by atoms with Crippen LogP contribution in [0.15, 0.2) is 24.3 Å². The molecule has 104 valence electrons. The molecular weight excluding hydrogens is 258 g/mol. The third kappa shape index (κ3) is 4.55. The highest BCUT2D eigenvalue weighted by Gasteiger charge is 2.41. The van der Waals surface area contributed by atoms with Crippen LogP contribution in [-0.4, -0.2) is 29.9 Å². The number of carbonyl (C=O) groups excluding carboxylic acids is 1. The van der Waals surface area contributed by atoms with E-state index in [9.17, 15) is 4.79 Å². The second kappa shape index (κ2) is 6.44. The summed E-state index contributed by atoms with van der Waals surface area (Å²) >= 11 is 1.63. The minimum absolute atomic E-state index is 0.00311. The third-order valence-electron chi connectivity index (χ3n) is 3.54. The van der Waals surface area contributed by atoms with E-state index in [2.05, 4.69) is 30.4 Å². The van der Waals surface area contributed by atoms with E-state index >= 15 is 0 Å². The van der Waals surface area contributed by atoms with Gasteiger partial charge < -0.3 is 10.4 Å². The van der Waals surface area contributed by atoms with E-state index < -0.39 is 0 Å². The molecule has 1 fully saturated rings. The quantitative estimate of drug-likeness (QED) is 0.804. The summed E-state index contributed by atoms with van der Waals surface area (Å²) in [6, 6.07) is 8.35. The highest BCUT2D eigenvalue weighted by molar-refractivity contribution is 7.99. The van der Waals surface area contributed by atoms with Crippen molar-refractivity contribution in [3.63, 3.8) is 0 Å². The van der Waals surface area contributed by atoms with Gasteiger partial charge in [-0.15, -0.1) is 11.8 Å². The van der Waals surface area contributed by atoms with E-state index in [1.54, 1.807) is 11.8 Å². The van der Waals surface area contributed by atoms with Gasteiger partial charge in [-0.2, -0.15) is 0 Å². The van der Waals surface area contributed by atoms with Gasteiger partial charge >= 0.3 is 0 Å². The molecule has 2 rings (SSSR count). The summed E-state index contributed by atoms with van der Waals surface area (Å²) < 4.78 is 0. The Morgan fingerprint density at radius 2 is 2.26 bits per heavy atom. The fourth-order valence-corrected chi connectivity index (χ4v) is 2.77. The average Bonchev–Trinajstić information content (AvgIpc) is 3.17. The van der Waals surface area contributed by atoms with Crippen LogP contribution in [-0.2, 0) is 10.5 Å². The fourth-order valence-electron chi connectivity index (χ4n) is 1.97. The van der Waals surface area contributed by atoms with Crippen molar-refractivity contribution in [3.8, 4) is 0 Å². The number of amides is 1. The number of aliphatic hydroxyl groups is 1. The van der Waals surface area contributed by atoms with Crippen molar-refractivity contribution in [1.29, 1.82) is 0 Å². The predicted octanol–water partition coefficient (Wildman–Crippen LogP) is 2.12. The molecule has 0 aromatic heterocycles. The molecule has 1 aromatic rings. The molecule has 4 heteroatoms. The molecule has 0 saturated heterocycles. The largest absolute Gasteiger partial charge is 0.396 e. The topological polar surface area (TPSA) is 49.3 Å². The van der Waals surface area contributed by atoms with E-state index in [0.717, 1.165) is 18.6 Å². The van der Waals surface area contributed by atoms with Crippen molar-refractivity contribution >= 4 is 17.7 Å². The lowest BCUT2D eigenvalue weighted by Gasteiger charge is -2.12. The second-order valence-corrected chi connectivity index (χ2v) is 6.40. The monoisotopic (exact) mass is 279 g/mol. The van der Waals surface area contributed by atoms with Crippen LogP contribution in [0.4, 0.5) is 0 Å². The molecule has 1 aliphatic carbocycles. The van der Waals surface area contributed by atoms with E-state index in [-0.39, 0.29) is 17.9 Å². The zero-order valence-corrected chi connectivity index (χ0v) is 12.1. The van der Waals surface area contributed by atoms with Crippen LogP contribution in [0.2, 0.25) is 0 Å². The fraction of sp³-hybridized carbons (Fsp3) is 0.533. The maximum absolute atomic E-state index is 11.7. The van der Waals surface area contributed by atoms with Gasteiger partial charge in [-0.05, 0) is 25.3 Å². The minimum atomic E-state index is -0.00311. The summed E-state index contributed by atoms with van der Waals surface area (Å²) in [5.41, 5.74) is 2.50. The summed E-state index contributed by atoms with van der Waals surface area (Å²) in [6.45, 7) is 2.88. The molecule has 0 heterocycles. The van der Waals surface area contributed by atoms with Crippen LogP contribution >= 0.6 is 11.8 Å². The molecule has 1 aliphatic rings. The smallest absolute Gasteiger partial charge is 0.230 e. The lowest BCUT2D eigenvalue weighted by Crippen LogP contribution is -2.33. The van der Waals surface area contributed by atoms with Gasteiger partial charge in [0, 0.05) is 17.7 Å². The van der Waals surface area contributed by atoms with Gasteiger partial charge in [0.1, 0.15) is 0 Å². The average molecular weight is 279 g/mol. The number of nitrogens with one attached hydrogen (secondary N) is 1. The Morgan fingerprint density at radius 3 is 2.89 bits per heavy atom. The van der Waals surface area contributed by atoms with Crippen LogP contribution in [0.1, 0.15) is 24.0 Å². The highest BCUT2D eigenvalue weighted by Crippen LogP contribution is 2.44. The first kappa shape index (κ1) is 14.4. The van der Waals surface area contributed by atoms with Crippen LogP contribution in [0.5, 0.6) is 0 Å². The number of carbonyl (C=O) groups is 1. The summed E-state index contributed by atoms with van der Waals surface area (Å²) in [5, 5.41) is 12.1. The highest BCUT2D eigenvalue weighted by atomic mass is 32.2. The zero-order valence-electron chi connectivity index (χ0n) is 11.3. The SMILES string of the molecule is Cc1cccc(CSCC(=O)NCC2(CO)CC2)c1. The lowest BCUT2D eigenvalue weighted by molar-refractivity contribution is -0.118. The normalized spacial score (nSPS) is 16.1. The Kier molecular flexibility index (Phi) is 4.88. The lowest BCUT2D eigenvalue weighted by atomic mass is 10.1. The van der Waals surface area contributed by atoms with Gasteiger partial charge in [-0.25, -0.2) is 0 Å².